The lowest BCUT2D eigenvalue weighted by Crippen LogP contribution is -2.48. The quantitative estimate of drug-likeness (QED) is 0.635. The van der Waals surface area contributed by atoms with E-state index in [2.05, 4.69) is 35.4 Å². The van der Waals surface area contributed by atoms with Crippen molar-refractivity contribution in [2.45, 2.75) is 13.0 Å². The summed E-state index contributed by atoms with van der Waals surface area (Å²) in [6, 6.07) is 0.433. The Hall–Kier alpha value is -0.860. The molecular formula is C11H18N2. The molecule has 2 heteroatoms. The highest BCUT2D eigenvalue weighted by Crippen LogP contribution is 2.06. The lowest BCUT2D eigenvalue weighted by Gasteiger charge is -2.25. The van der Waals surface area contributed by atoms with Crippen molar-refractivity contribution < 1.29 is 0 Å². The molecule has 13 heavy (non-hydrogen) atoms. The summed E-state index contributed by atoms with van der Waals surface area (Å²) in [5.74, 6) is 0. The van der Waals surface area contributed by atoms with Crippen LogP contribution in [-0.2, 0) is 0 Å². The van der Waals surface area contributed by atoms with E-state index in [1.165, 1.54) is 5.57 Å². The predicted octanol–water partition coefficient (Wildman–Crippen LogP) is 1.24. The Morgan fingerprint density at radius 3 is 2.85 bits per heavy atom. The summed E-state index contributed by atoms with van der Waals surface area (Å²) in [5.41, 5.74) is 1.30. The molecule has 0 aromatic rings. The third-order valence-corrected chi connectivity index (χ3v) is 2.11. The van der Waals surface area contributed by atoms with Gasteiger partial charge >= 0.3 is 0 Å². The van der Waals surface area contributed by atoms with Crippen molar-refractivity contribution in [1.82, 2.24) is 10.6 Å². The Bertz CT molecular complexity index is 210. The van der Waals surface area contributed by atoms with Crippen LogP contribution < -0.4 is 10.6 Å². The molecular weight excluding hydrogens is 160 g/mol. The zero-order valence-electron chi connectivity index (χ0n) is 8.22. The van der Waals surface area contributed by atoms with E-state index < -0.39 is 0 Å². The standard InChI is InChI=1S/C11H18N2/c1-3-5-10(6-4-2)11-9-12-7-8-13-11/h3-6,11-13H,1,7-9H2,2H3/b6-4-,10-5+. The fraction of sp³-hybridized carbons (Fsp3) is 0.455. The van der Waals surface area contributed by atoms with Crippen molar-refractivity contribution in [2.24, 2.45) is 0 Å². The number of hydrogen-bond acceptors (Lipinski definition) is 2. The van der Waals surface area contributed by atoms with Gasteiger partial charge in [-0.05, 0) is 12.5 Å². The third kappa shape index (κ3) is 3.17. The van der Waals surface area contributed by atoms with Gasteiger partial charge in [0.15, 0.2) is 0 Å². The molecule has 2 N–H and O–H groups in total. The minimum absolute atomic E-state index is 0.433. The van der Waals surface area contributed by atoms with E-state index in [-0.39, 0.29) is 0 Å². The minimum atomic E-state index is 0.433. The fourth-order valence-corrected chi connectivity index (χ4v) is 1.51. The van der Waals surface area contributed by atoms with Crippen molar-refractivity contribution in [1.29, 1.82) is 0 Å². The molecule has 0 saturated carbocycles. The molecule has 1 rings (SSSR count). The van der Waals surface area contributed by atoms with Crippen LogP contribution in [0.1, 0.15) is 6.92 Å². The Kier molecular flexibility index (Phi) is 4.50. The first-order valence-electron chi connectivity index (χ1n) is 4.78. The minimum Gasteiger partial charge on any atom is -0.314 e. The number of piperazine rings is 1. The van der Waals surface area contributed by atoms with Crippen molar-refractivity contribution in [3.8, 4) is 0 Å². The molecule has 0 bridgehead atoms. The summed E-state index contributed by atoms with van der Waals surface area (Å²) in [5, 5.41) is 6.82. The van der Waals surface area contributed by atoms with E-state index in [1.807, 2.05) is 13.0 Å². The van der Waals surface area contributed by atoms with Crippen LogP contribution in [0, 0.1) is 0 Å². The molecule has 0 aliphatic carbocycles. The monoisotopic (exact) mass is 178 g/mol. The van der Waals surface area contributed by atoms with Gasteiger partial charge in [-0.15, -0.1) is 0 Å². The maximum atomic E-state index is 3.72. The smallest absolute Gasteiger partial charge is 0.0447 e. The first-order chi connectivity index (χ1) is 6.38. The first kappa shape index (κ1) is 10.2. The average molecular weight is 178 g/mol. The van der Waals surface area contributed by atoms with Gasteiger partial charge in [0.1, 0.15) is 0 Å². The Morgan fingerprint density at radius 2 is 2.31 bits per heavy atom. The second-order valence-electron chi connectivity index (χ2n) is 3.11. The molecule has 1 fully saturated rings. The van der Waals surface area contributed by atoms with Gasteiger partial charge in [-0.2, -0.15) is 0 Å². The highest BCUT2D eigenvalue weighted by Gasteiger charge is 2.13. The van der Waals surface area contributed by atoms with Gasteiger partial charge in [0.2, 0.25) is 0 Å². The molecule has 1 aliphatic rings. The first-order valence-corrected chi connectivity index (χ1v) is 4.78. The lowest BCUT2D eigenvalue weighted by atomic mass is 10.0. The predicted molar refractivity (Wildman–Crippen MR) is 57.8 cm³/mol. The van der Waals surface area contributed by atoms with Crippen LogP contribution in [0.3, 0.4) is 0 Å². The Balaban J connectivity index is 2.62. The van der Waals surface area contributed by atoms with Crippen LogP contribution in [0.15, 0.2) is 36.5 Å². The molecule has 2 nitrogen and oxygen atoms in total. The highest BCUT2D eigenvalue weighted by atomic mass is 15.1. The van der Waals surface area contributed by atoms with Gasteiger partial charge in [0.05, 0.1) is 0 Å². The van der Waals surface area contributed by atoms with Crippen molar-refractivity contribution in [3.63, 3.8) is 0 Å². The van der Waals surface area contributed by atoms with Crippen molar-refractivity contribution >= 4 is 0 Å². The van der Waals surface area contributed by atoms with Gasteiger partial charge in [0.25, 0.3) is 0 Å². The van der Waals surface area contributed by atoms with Gasteiger partial charge in [-0.1, -0.05) is 30.9 Å². The largest absolute Gasteiger partial charge is 0.314 e. The molecule has 0 aromatic heterocycles. The summed E-state index contributed by atoms with van der Waals surface area (Å²) >= 11 is 0. The van der Waals surface area contributed by atoms with E-state index in [9.17, 15) is 0 Å². The second kappa shape index (κ2) is 5.73. The van der Waals surface area contributed by atoms with Gasteiger partial charge in [-0.25, -0.2) is 0 Å². The molecule has 1 saturated heterocycles. The average Bonchev–Trinajstić information content (AvgIpc) is 2.19. The zero-order chi connectivity index (χ0) is 9.52. The van der Waals surface area contributed by atoms with E-state index in [4.69, 9.17) is 0 Å². The summed E-state index contributed by atoms with van der Waals surface area (Å²) in [4.78, 5) is 0. The second-order valence-corrected chi connectivity index (χ2v) is 3.11. The van der Waals surface area contributed by atoms with Crippen molar-refractivity contribution in [2.75, 3.05) is 19.6 Å². The Labute approximate surface area is 80.4 Å². The SMILES string of the molecule is C=C/C=C(\C=C/C)C1CNCCN1. The number of allylic oxidation sites excluding steroid dienone is 3. The van der Waals surface area contributed by atoms with Crippen LogP contribution in [0.4, 0.5) is 0 Å². The van der Waals surface area contributed by atoms with E-state index >= 15 is 0 Å². The number of rotatable bonds is 3. The topological polar surface area (TPSA) is 24.1 Å². The van der Waals surface area contributed by atoms with Gasteiger partial charge in [0, 0.05) is 25.7 Å². The lowest BCUT2D eigenvalue weighted by molar-refractivity contribution is 0.461. The van der Waals surface area contributed by atoms with Crippen molar-refractivity contribution in [3.05, 3.63) is 36.5 Å². The van der Waals surface area contributed by atoms with Gasteiger partial charge < -0.3 is 10.6 Å². The normalized spacial score (nSPS) is 25.0. The van der Waals surface area contributed by atoms with E-state index in [0.29, 0.717) is 6.04 Å². The zero-order valence-corrected chi connectivity index (χ0v) is 8.22. The summed E-state index contributed by atoms with van der Waals surface area (Å²) < 4.78 is 0. The molecule has 1 heterocycles. The number of nitrogens with one attached hydrogen (secondary N) is 2. The Morgan fingerprint density at radius 1 is 1.46 bits per heavy atom. The van der Waals surface area contributed by atoms with Crippen LogP contribution in [-0.4, -0.2) is 25.7 Å². The third-order valence-electron chi connectivity index (χ3n) is 2.11. The van der Waals surface area contributed by atoms with E-state index in [1.54, 1.807) is 0 Å². The molecule has 0 amide bonds. The molecule has 1 atom stereocenters. The highest BCUT2D eigenvalue weighted by molar-refractivity contribution is 5.28. The maximum absolute atomic E-state index is 3.72. The molecule has 0 aromatic carbocycles. The molecule has 1 unspecified atom stereocenters. The van der Waals surface area contributed by atoms with Crippen LogP contribution in [0.2, 0.25) is 0 Å². The van der Waals surface area contributed by atoms with Crippen LogP contribution in [0.25, 0.3) is 0 Å². The molecule has 0 spiro atoms. The summed E-state index contributed by atoms with van der Waals surface area (Å²) in [7, 11) is 0. The number of hydrogen-bond donors (Lipinski definition) is 2. The van der Waals surface area contributed by atoms with Crippen LogP contribution >= 0.6 is 0 Å². The molecule has 72 valence electrons. The summed E-state index contributed by atoms with van der Waals surface area (Å²) in [6.07, 6.45) is 8.09. The maximum Gasteiger partial charge on any atom is 0.0447 e. The van der Waals surface area contributed by atoms with Gasteiger partial charge in [-0.3, -0.25) is 0 Å². The summed E-state index contributed by atoms with van der Waals surface area (Å²) in [6.45, 7) is 8.86. The molecule has 1 aliphatic heterocycles. The molecule has 0 radical (unpaired) electrons. The van der Waals surface area contributed by atoms with E-state index in [0.717, 1.165) is 19.6 Å². The fourth-order valence-electron chi connectivity index (χ4n) is 1.51. The van der Waals surface area contributed by atoms with Crippen LogP contribution in [0.5, 0.6) is 0 Å².